The number of hydrogen-bond acceptors (Lipinski definition) is 3. The normalized spacial score (nSPS) is 10.2. The molecule has 4 heteroatoms. The third-order valence-corrected chi connectivity index (χ3v) is 2.84. The molecular weight excluding hydrogens is 228 g/mol. The van der Waals surface area contributed by atoms with Crippen LogP contribution in [0.25, 0.3) is 0 Å². The van der Waals surface area contributed by atoms with Crippen molar-refractivity contribution in [1.82, 2.24) is 0 Å². The summed E-state index contributed by atoms with van der Waals surface area (Å²) in [5.74, 6) is 0.630. The van der Waals surface area contributed by atoms with Gasteiger partial charge < -0.3 is 15.4 Å². The highest BCUT2D eigenvalue weighted by atomic mass is 16.5. The van der Waals surface area contributed by atoms with Gasteiger partial charge in [0.25, 0.3) is 0 Å². The monoisotopic (exact) mass is 250 g/mol. The molecule has 0 saturated carbocycles. The summed E-state index contributed by atoms with van der Waals surface area (Å²) < 4.78 is 5.32. The lowest BCUT2D eigenvalue weighted by Gasteiger charge is -2.24. The molecule has 0 atom stereocenters. The van der Waals surface area contributed by atoms with Gasteiger partial charge in [0.05, 0.1) is 19.3 Å². The van der Waals surface area contributed by atoms with Gasteiger partial charge in [0.2, 0.25) is 5.91 Å². The van der Waals surface area contributed by atoms with E-state index in [9.17, 15) is 4.79 Å². The van der Waals surface area contributed by atoms with E-state index in [4.69, 9.17) is 10.5 Å². The van der Waals surface area contributed by atoms with Crippen molar-refractivity contribution in [3.05, 3.63) is 23.8 Å². The molecule has 18 heavy (non-hydrogen) atoms. The van der Waals surface area contributed by atoms with Crippen molar-refractivity contribution in [2.24, 2.45) is 5.73 Å². The molecule has 0 fully saturated rings. The molecule has 0 saturated heterocycles. The standard InChI is InChI=1S/C14H22N2O2/c1-4-5-8-16(14(17)10-15)12-9-11(2)6-7-13(12)18-3/h6-7,9H,4-5,8,10,15H2,1-3H3. The van der Waals surface area contributed by atoms with Gasteiger partial charge in [-0.2, -0.15) is 0 Å². The number of methoxy groups -OCH3 is 1. The van der Waals surface area contributed by atoms with Crippen LogP contribution in [0.3, 0.4) is 0 Å². The number of hydrogen-bond donors (Lipinski definition) is 1. The number of carbonyl (C=O) groups excluding carboxylic acids is 1. The number of aryl methyl sites for hydroxylation is 1. The molecule has 1 aromatic rings. The molecule has 0 aliphatic carbocycles. The molecule has 0 aromatic heterocycles. The molecule has 100 valence electrons. The molecule has 1 amide bonds. The second-order valence-electron chi connectivity index (χ2n) is 4.28. The van der Waals surface area contributed by atoms with Crippen LogP contribution in [0.1, 0.15) is 25.3 Å². The Kier molecular flexibility index (Phi) is 5.65. The van der Waals surface area contributed by atoms with Gasteiger partial charge in [-0.1, -0.05) is 19.4 Å². The molecule has 0 unspecified atom stereocenters. The quantitative estimate of drug-likeness (QED) is 0.841. The van der Waals surface area contributed by atoms with Crippen LogP contribution in [-0.2, 0) is 4.79 Å². The van der Waals surface area contributed by atoms with Gasteiger partial charge in [0.1, 0.15) is 5.75 Å². The maximum absolute atomic E-state index is 11.9. The lowest BCUT2D eigenvalue weighted by molar-refractivity contribution is -0.117. The number of carbonyl (C=O) groups is 1. The van der Waals surface area contributed by atoms with Crippen molar-refractivity contribution in [3.8, 4) is 5.75 Å². The van der Waals surface area contributed by atoms with E-state index in [1.54, 1.807) is 12.0 Å². The maximum Gasteiger partial charge on any atom is 0.240 e. The van der Waals surface area contributed by atoms with E-state index in [0.717, 1.165) is 24.1 Å². The molecule has 0 aliphatic heterocycles. The molecule has 4 nitrogen and oxygen atoms in total. The van der Waals surface area contributed by atoms with Gasteiger partial charge in [0.15, 0.2) is 0 Å². The van der Waals surface area contributed by atoms with Gasteiger partial charge in [-0.15, -0.1) is 0 Å². The maximum atomic E-state index is 11.9. The van der Waals surface area contributed by atoms with Crippen LogP contribution in [0.15, 0.2) is 18.2 Å². The minimum absolute atomic E-state index is 0.0147. The number of rotatable bonds is 6. The summed E-state index contributed by atoms with van der Waals surface area (Å²) in [6.07, 6.45) is 1.98. The van der Waals surface area contributed by atoms with Crippen LogP contribution in [0.5, 0.6) is 5.75 Å². The van der Waals surface area contributed by atoms with Crippen molar-refractivity contribution in [2.75, 3.05) is 25.1 Å². The zero-order chi connectivity index (χ0) is 13.5. The SMILES string of the molecule is CCCCN(C(=O)CN)c1cc(C)ccc1OC. The largest absolute Gasteiger partial charge is 0.495 e. The highest BCUT2D eigenvalue weighted by Crippen LogP contribution is 2.29. The average molecular weight is 250 g/mol. The van der Waals surface area contributed by atoms with E-state index in [0.29, 0.717) is 12.3 Å². The molecule has 1 rings (SSSR count). The Hall–Kier alpha value is -1.55. The molecule has 2 N–H and O–H groups in total. The third kappa shape index (κ3) is 3.47. The highest BCUT2D eigenvalue weighted by molar-refractivity contribution is 5.96. The van der Waals surface area contributed by atoms with Gasteiger partial charge in [-0.05, 0) is 31.0 Å². The summed E-state index contributed by atoms with van der Waals surface area (Å²) in [6, 6.07) is 5.81. The predicted octanol–water partition coefficient (Wildman–Crippen LogP) is 2.10. The number of nitrogens with two attached hydrogens (primary N) is 1. The van der Waals surface area contributed by atoms with Crippen LogP contribution in [0.2, 0.25) is 0 Å². The Balaban J connectivity index is 3.10. The lowest BCUT2D eigenvalue weighted by atomic mass is 10.1. The van der Waals surface area contributed by atoms with Gasteiger partial charge in [0, 0.05) is 6.54 Å². The summed E-state index contributed by atoms with van der Waals surface area (Å²) in [7, 11) is 1.61. The fraction of sp³-hybridized carbons (Fsp3) is 0.500. The molecule has 0 bridgehead atoms. The fourth-order valence-corrected chi connectivity index (χ4v) is 1.82. The van der Waals surface area contributed by atoms with E-state index in [1.165, 1.54) is 0 Å². The van der Waals surface area contributed by atoms with E-state index in [2.05, 4.69) is 6.92 Å². The summed E-state index contributed by atoms with van der Waals surface area (Å²) in [5, 5.41) is 0. The molecular formula is C14H22N2O2. The predicted molar refractivity (Wildman–Crippen MR) is 74.0 cm³/mol. The number of unbranched alkanes of at least 4 members (excludes halogenated alkanes) is 1. The van der Waals surface area contributed by atoms with Crippen molar-refractivity contribution >= 4 is 11.6 Å². The zero-order valence-electron chi connectivity index (χ0n) is 11.4. The first kappa shape index (κ1) is 14.5. The van der Waals surface area contributed by atoms with E-state index in [1.807, 2.05) is 25.1 Å². The topological polar surface area (TPSA) is 55.6 Å². The Bertz CT molecular complexity index is 405. The number of benzene rings is 1. The fourth-order valence-electron chi connectivity index (χ4n) is 1.82. The van der Waals surface area contributed by atoms with E-state index in [-0.39, 0.29) is 12.5 Å². The highest BCUT2D eigenvalue weighted by Gasteiger charge is 2.17. The van der Waals surface area contributed by atoms with Crippen molar-refractivity contribution < 1.29 is 9.53 Å². The molecule has 0 heterocycles. The number of anilines is 1. The first-order valence-electron chi connectivity index (χ1n) is 6.29. The summed E-state index contributed by atoms with van der Waals surface area (Å²) >= 11 is 0. The van der Waals surface area contributed by atoms with Crippen LogP contribution in [-0.4, -0.2) is 26.1 Å². The minimum atomic E-state index is -0.0765. The Labute approximate surface area is 109 Å². The van der Waals surface area contributed by atoms with Crippen molar-refractivity contribution in [1.29, 1.82) is 0 Å². The smallest absolute Gasteiger partial charge is 0.240 e. The minimum Gasteiger partial charge on any atom is -0.495 e. The Morgan fingerprint density at radius 1 is 1.44 bits per heavy atom. The zero-order valence-corrected chi connectivity index (χ0v) is 11.4. The summed E-state index contributed by atoms with van der Waals surface area (Å²) in [6.45, 7) is 4.78. The van der Waals surface area contributed by atoms with Gasteiger partial charge >= 0.3 is 0 Å². The summed E-state index contributed by atoms with van der Waals surface area (Å²) in [5.41, 5.74) is 7.38. The lowest BCUT2D eigenvalue weighted by Crippen LogP contribution is -2.37. The average Bonchev–Trinajstić information content (AvgIpc) is 2.39. The van der Waals surface area contributed by atoms with Crippen LogP contribution < -0.4 is 15.4 Å². The summed E-state index contributed by atoms with van der Waals surface area (Å²) in [4.78, 5) is 13.7. The van der Waals surface area contributed by atoms with Crippen molar-refractivity contribution in [3.63, 3.8) is 0 Å². The van der Waals surface area contributed by atoms with E-state index >= 15 is 0 Å². The Morgan fingerprint density at radius 3 is 2.72 bits per heavy atom. The second-order valence-corrected chi connectivity index (χ2v) is 4.28. The second kappa shape index (κ2) is 7.01. The third-order valence-electron chi connectivity index (χ3n) is 2.84. The van der Waals surface area contributed by atoms with Gasteiger partial charge in [-0.3, -0.25) is 4.79 Å². The number of amides is 1. The molecule has 0 radical (unpaired) electrons. The Morgan fingerprint density at radius 2 is 2.17 bits per heavy atom. The first-order valence-corrected chi connectivity index (χ1v) is 6.29. The van der Waals surface area contributed by atoms with Crippen LogP contribution >= 0.6 is 0 Å². The molecule has 1 aromatic carbocycles. The van der Waals surface area contributed by atoms with Gasteiger partial charge in [-0.25, -0.2) is 0 Å². The van der Waals surface area contributed by atoms with E-state index < -0.39 is 0 Å². The first-order chi connectivity index (χ1) is 8.63. The van der Waals surface area contributed by atoms with Crippen LogP contribution in [0, 0.1) is 6.92 Å². The number of ether oxygens (including phenoxy) is 1. The molecule has 0 aliphatic rings. The van der Waals surface area contributed by atoms with Crippen LogP contribution in [0.4, 0.5) is 5.69 Å². The van der Waals surface area contributed by atoms with Crippen molar-refractivity contribution in [2.45, 2.75) is 26.7 Å². The molecule has 0 spiro atoms. The number of nitrogens with zero attached hydrogens (tertiary/aromatic N) is 1.